The van der Waals surface area contributed by atoms with Gasteiger partial charge in [0.2, 0.25) is 10.0 Å². The molecule has 7 heteroatoms. The van der Waals surface area contributed by atoms with Crippen LogP contribution in [0.15, 0.2) is 34.3 Å². The zero-order valence-corrected chi connectivity index (χ0v) is 11.7. The first-order chi connectivity index (χ1) is 9.10. The lowest BCUT2D eigenvalue weighted by atomic mass is 10.2. The zero-order valence-electron chi connectivity index (χ0n) is 10.9. The van der Waals surface area contributed by atoms with Gasteiger partial charge in [0.15, 0.2) is 0 Å². The molecule has 0 fully saturated rings. The summed E-state index contributed by atoms with van der Waals surface area (Å²) in [5.41, 5.74) is 8.66. The van der Waals surface area contributed by atoms with E-state index in [2.05, 4.69) is 21.7 Å². The fraction of sp³-hybridized carbons (Fsp3) is 0.500. The largest absolute Gasteiger partial charge is 0.240 e. The topological polar surface area (TPSA) is 94.9 Å². The van der Waals surface area contributed by atoms with E-state index in [1.165, 1.54) is 24.3 Å². The molecule has 0 aromatic heterocycles. The molecule has 1 aromatic carbocycles. The van der Waals surface area contributed by atoms with Crippen LogP contribution in [0, 0.1) is 0 Å². The Kier molecular flexibility index (Phi) is 6.35. The molecule has 0 bridgehead atoms. The number of sulfonamides is 1. The third kappa shape index (κ3) is 5.30. The van der Waals surface area contributed by atoms with Gasteiger partial charge >= 0.3 is 0 Å². The lowest BCUT2D eigenvalue weighted by Crippen LogP contribution is -2.24. The van der Waals surface area contributed by atoms with Crippen molar-refractivity contribution in [2.45, 2.75) is 37.5 Å². The summed E-state index contributed by atoms with van der Waals surface area (Å²) >= 11 is 0. The minimum atomic E-state index is -3.46. The molecule has 0 aliphatic carbocycles. The van der Waals surface area contributed by atoms with Crippen molar-refractivity contribution in [2.24, 2.45) is 5.11 Å². The Bertz CT molecular complexity index is 533. The van der Waals surface area contributed by atoms with Gasteiger partial charge in [-0.25, -0.2) is 13.1 Å². The van der Waals surface area contributed by atoms with Gasteiger partial charge in [-0.3, -0.25) is 0 Å². The molecule has 1 N–H and O–H groups in total. The summed E-state index contributed by atoms with van der Waals surface area (Å²) in [5.74, 6) is 0. The maximum absolute atomic E-state index is 11.9. The van der Waals surface area contributed by atoms with Crippen LogP contribution in [0.5, 0.6) is 0 Å². The molecule has 0 amide bonds. The summed E-state index contributed by atoms with van der Waals surface area (Å²) in [4.78, 5) is 2.82. The molecule has 0 atom stereocenters. The van der Waals surface area contributed by atoms with Crippen LogP contribution in [0.1, 0.15) is 32.6 Å². The molecule has 0 spiro atoms. The summed E-state index contributed by atoms with van der Waals surface area (Å²) in [6, 6.07) is 5.81. The number of hydrogen-bond acceptors (Lipinski definition) is 3. The highest BCUT2D eigenvalue weighted by Gasteiger charge is 2.12. The molecule has 0 unspecified atom stereocenters. The van der Waals surface area contributed by atoms with Crippen LogP contribution < -0.4 is 4.72 Å². The third-order valence-corrected chi connectivity index (χ3v) is 4.11. The first-order valence-corrected chi connectivity index (χ1v) is 7.73. The lowest BCUT2D eigenvalue weighted by Gasteiger charge is -2.06. The van der Waals surface area contributed by atoms with Crippen molar-refractivity contribution in [3.05, 3.63) is 34.7 Å². The highest BCUT2D eigenvalue weighted by atomic mass is 32.2. The molecular weight excluding hydrogens is 264 g/mol. The first kappa shape index (κ1) is 15.5. The van der Waals surface area contributed by atoms with Gasteiger partial charge in [-0.2, -0.15) is 0 Å². The van der Waals surface area contributed by atoms with E-state index in [1.807, 2.05) is 0 Å². The third-order valence-electron chi connectivity index (χ3n) is 2.63. The standard InChI is InChI=1S/C12H18N4O2S/c1-2-3-4-5-10-14-19(17,18)12-8-6-11(7-9-12)15-16-13/h6-9,14H,2-5,10H2,1H3. The van der Waals surface area contributed by atoms with Crippen LogP contribution in [0.2, 0.25) is 0 Å². The molecule has 6 nitrogen and oxygen atoms in total. The van der Waals surface area contributed by atoms with E-state index in [9.17, 15) is 8.42 Å². The van der Waals surface area contributed by atoms with E-state index in [1.54, 1.807) is 0 Å². The number of unbranched alkanes of at least 4 members (excludes halogenated alkanes) is 3. The molecule has 1 rings (SSSR count). The van der Waals surface area contributed by atoms with Crippen molar-refractivity contribution in [3.63, 3.8) is 0 Å². The van der Waals surface area contributed by atoms with Gasteiger partial charge in [-0.1, -0.05) is 43.4 Å². The van der Waals surface area contributed by atoms with Gasteiger partial charge in [-0.15, -0.1) is 0 Å². The number of benzene rings is 1. The molecule has 104 valence electrons. The van der Waals surface area contributed by atoms with Crippen molar-refractivity contribution < 1.29 is 8.42 Å². The molecule has 1 aromatic rings. The van der Waals surface area contributed by atoms with E-state index in [-0.39, 0.29) is 4.90 Å². The molecule has 0 aliphatic rings. The Labute approximate surface area is 113 Å². The Morgan fingerprint density at radius 2 is 1.89 bits per heavy atom. The van der Waals surface area contributed by atoms with Gasteiger partial charge in [-0.05, 0) is 24.1 Å². The summed E-state index contributed by atoms with van der Waals surface area (Å²) in [6.45, 7) is 2.55. The normalized spacial score (nSPS) is 11.0. The highest BCUT2D eigenvalue weighted by Crippen LogP contribution is 2.16. The number of azide groups is 1. The number of nitrogens with one attached hydrogen (secondary N) is 1. The van der Waals surface area contributed by atoms with E-state index in [0.717, 1.165) is 25.7 Å². The second kappa shape index (κ2) is 7.78. The number of nitrogens with zero attached hydrogens (tertiary/aromatic N) is 3. The van der Waals surface area contributed by atoms with Crippen molar-refractivity contribution in [1.82, 2.24) is 4.72 Å². The predicted octanol–water partition coefficient (Wildman–Crippen LogP) is 3.49. The molecule has 19 heavy (non-hydrogen) atoms. The van der Waals surface area contributed by atoms with Crippen LogP contribution in [0.4, 0.5) is 5.69 Å². The molecule has 0 saturated heterocycles. The monoisotopic (exact) mass is 282 g/mol. The Morgan fingerprint density at radius 3 is 2.47 bits per heavy atom. The Hall–Kier alpha value is -1.56. The highest BCUT2D eigenvalue weighted by molar-refractivity contribution is 7.89. The lowest BCUT2D eigenvalue weighted by molar-refractivity contribution is 0.573. The maximum Gasteiger partial charge on any atom is 0.240 e. The van der Waals surface area contributed by atoms with Gasteiger partial charge < -0.3 is 0 Å². The summed E-state index contributed by atoms with van der Waals surface area (Å²) in [7, 11) is -3.46. The van der Waals surface area contributed by atoms with Crippen molar-refractivity contribution >= 4 is 15.7 Å². The minimum absolute atomic E-state index is 0.180. The Balaban J connectivity index is 2.59. The van der Waals surface area contributed by atoms with Crippen LogP contribution in [-0.2, 0) is 10.0 Å². The SMILES string of the molecule is CCCCCCNS(=O)(=O)c1ccc(N=[N+]=[N-])cc1. The summed E-state index contributed by atoms with van der Waals surface area (Å²) in [6.07, 6.45) is 4.09. The van der Waals surface area contributed by atoms with Crippen molar-refractivity contribution in [3.8, 4) is 0 Å². The van der Waals surface area contributed by atoms with Crippen LogP contribution >= 0.6 is 0 Å². The molecule has 0 aliphatic heterocycles. The quantitative estimate of drug-likeness (QED) is 0.342. The second-order valence-electron chi connectivity index (χ2n) is 4.14. The van der Waals surface area contributed by atoms with Crippen molar-refractivity contribution in [2.75, 3.05) is 6.54 Å². The van der Waals surface area contributed by atoms with E-state index >= 15 is 0 Å². The number of rotatable bonds is 8. The summed E-state index contributed by atoms with van der Waals surface area (Å²) < 4.78 is 26.4. The van der Waals surface area contributed by atoms with Gasteiger partial charge in [0.1, 0.15) is 0 Å². The van der Waals surface area contributed by atoms with E-state index in [0.29, 0.717) is 12.2 Å². The molecule has 0 radical (unpaired) electrons. The van der Waals surface area contributed by atoms with Crippen LogP contribution in [-0.4, -0.2) is 15.0 Å². The van der Waals surface area contributed by atoms with E-state index < -0.39 is 10.0 Å². The average Bonchev–Trinajstić information content (AvgIpc) is 2.39. The number of hydrogen-bond donors (Lipinski definition) is 1. The van der Waals surface area contributed by atoms with Gasteiger partial charge in [0.05, 0.1) is 4.90 Å². The predicted molar refractivity (Wildman–Crippen MR) is 74.6 cm³/mol. The van der Waals surface area contributed by atoms with Crippen molar-refractivity contribution in [1.29, 1.82) is 0 Å². The van der Waals surface area contributed by atoms with Gasteiger partial charge in [0, 0.05) is 17.1 Å². The maximum atomic E-state index is 11.9. The smallest absolute Gasteiger partial charge is 0.211 e. The Morgan fingerprint density at radius 1 is 1.21 bits per heavy atom. The van der Waals surface area contributed by atoms with E-state index in [4.69, 9.17) is 5.53 Å². The summed E-state index contributed by atoms with van der Waals surface area (Å²) in [5, 5.41) is 3.39. The fourth-order valence-electron chi connectivity index (χ4n) is 1.59. The van der Waals surface area contributed by atoms with Crippen LogP contribution in [0.25, 0.3) is 10.4 Å². The van der Waals surface area contributed by atoms with Gasteiger partial charge in [0.25, 0.3) is 0 Å². The molecule has 0 heterocycles. The second-order valence-corrected chi connectivity index (χ2v) is 5.91. The van der Waals surface area contributed by atoms with Crippen LogP contribution in [0.3, 0.4) is 0 Å². The average molecular weight is 282 g/mol. The minimum Gasteiger partial charge on any atom is -0.211 e. The molecular formula is C12H18N4O2S. The zero-order chi connectivity index (χ0) is 14.1. The molecule has 0 saturated carbocycles. The fourth-order valence-corrected chi connectivity index (χ4v) is 2.66. The first-order valence-electron chi connectivity index (χ1n) is 6.25.